The van der Waals surface area contributed by atoms with Crippen LogP contribution in [0.25, 0.3) is 0 Å². The van der Waals surface area contributed by atoms with Crippen molar-refractivity contribution in [2.75, 3.05) is 19.8 Å². The molecule has 6 heteroatoms. The summed E-state index contributed by atoms with van der Waals surface area (Å²) in [5, 5.41) is 0.279. The van der Waals surface area contributed by atoms with Crippen LogP contribution in [0.15, 0.2) is 18.2 Å². The van der Waals surface area contributed by atoms with Gasteiger partial charge in [-0.15, -0.1) is 0 Å². The smallest absolute Gasteiger partial charge is 0.257 e. The number of hydrogen-bond donors (Lipinski definition) is 0. The van der Waals surface area contributed by atoms with Crippen LogP contribution in [0.2, 0.25) is 5.02 Å². The minimum atomic E-state index is -0.593. The average Bonchev–Trinajstić information content (AvgIpc) is 3.01. The van der Waals surface area contributed by atoms with Crippen LogP contribution in [-0.4, -0.2) is 42.9 Å². The van der Waals surface area contributed by atoms with E-state index in [9.17, 15) is 9.18 Å². The Balaban J connectivity index is 1.83. The normalized spacial score (nSPS) is 23.5. The van der Waals surface area contributed by atoms with Crippen LogP contribution in [0.5, 0.6) is 0 Å². The van der Waals surface area contributed by atoms with E-state index in [1.54, 1.807) is 4.90 Å². The van der Waals surface area contributed by atoms with Crippen molar-refractivity contribution in [3.8, 4) is 0 Å². The highest BCUT2D eigenvalue weighted by Crippen LogP contribution is 2.27. The number of amides is 1. The Morgan fingerprint density at radius 1 is 1.29 bits per heavy atom. The minimum absolute atomic E-state index is 0.0456. The first-order chi connectivity index (χ1) is 10.2. The summed E-state index contributed by atoms with van der Waals surface area (Å²) in [4.78, 5) is 14.3. The van der Waals surface area contributed by atoms with Gasteiger partial charge < -0.3 is 14.4 Å². The summed E-state index contributed by atoms with van der Waals surface area (Å²) in [6, 6.07) is 3.97. The van der Waals surface area contributed by atoms with Crippen LogP contribution in [0.3, 0.4) is 0 Å². The Morgan fingerprint density at radius 2 is 2.05 bits per heavy atom. The molecule has 0 bridgehead atoms. The monoisotopic (exact) mass is 313 g/mol. The molecule has 1 amide bonds. The number of nitrogens with zero attached hydrogens (tertiary/aromatic N) is 1. The lowest BCUT2D eigenvalue weighted by atomic mass is 10.00. The van der Waals surface area contributed by atoms with Gasteiger partial charge in [-0.25, -0.2) is 4.39 Å². The van der Waals surface area contributed by atoms with Gasteiger partial charge in [0, 0.05) is 11.6 Å². The lowest BCUT2D eigenvalue weighted by Crippen LogP contribution is -2.50. The summed E-state index contributed by atoms with van der Waals surface area (Å²) in [5.41, 5.74) is 0.0456. The van der Waals surface area contributed by atoms with Crippen molar-refractivity contribution >= 4 is 17.5 Å². The standard InChI is InChI=1S/C15H17ClFNO3/c16-10-4-5-11(12(17)9-10)14(19)18-6-2-1-3-13(18)15-20-7-8-21-15/h4-5,9,13,15H,1-3,6-8H2. The fourth-order valence-electron chi connectivity index (χ4n) is 2.91. The van der Waals surface area contributed by atoms with Crippen molar-refractivity contribution in [3.05, 3.63) is 34.6 Å². The predicted octanol–water partition coefficient (Wildman–Crippen LogP) is 2.85. The molecular weight excluding hydrogens is 297 g/mol. The summed E-state index contributed by atoms with van der Waals surface area (Å²) in [5.74, 6) is -0.918. The second-order valence-electron chi connectivity index (χ2n) is 5.30. The first kappa shape index (κ1) is 14.8. The van der Waals surface area contributed by atoms with Gasteiger partial charge in [0.2, 0.25) is 0 Å². The van der Waals surface area contributed by atoms with Crippen molar-refractivity contribution in [2.45, 2.75) is 31.6 Å². The molecule has 0 aromatic heterocycles. The number of hydrogen-bond acceptors (Lipinski definition) is 3. The van der Waals surface area contributed by atoms with Gasteiger partial charge >= 0.3 is 0 Å². The van der Waals surface area contributed by atoms with E-state index in [1.165, 1.54) is 12.1 Å². The largest absolute Gasteiger partial charge is 0.348 e. The van der Waals surface area contributed by atoms with Gasteiger partial charge in [-0.05, 0) is 37.5 Å². The molecule has 2 fully saturated rings. The molecule has 0 N–H and O–H groups in total. The molecule has 3 rings (SSSR count). The molecule has 1 aromatic rings. The third-order valence-electron chi connectivity index (χ3n) is 3.93. The Morgan fingerprint density at radius 3 is 2.76 bits per heavy atom. The second kappa shape index (κ2) is 6.30. The van der Waals surface area contributed by atoms with E-state index in [2.05, 4.69) is 0 Å². The van der Waals surface area contributed by atoms with Crippen LogP contribution >= 0.6 is 11.6 Å². The molecular formula is C15H17ClFNO3. The predicted molar refractivity (Wildman–Crippen MR) is 75.8 cm³/mol. The van der Waals surface area contributed by atoms with Gasteiger partial charge in [0.15, 0.2) is 6.29 Å². The molecule has 1 unspecified atom stereocenters. The number of likely N-dealkylation sites (tertiary alicyclic amines) is 1. The van der Waals surface area contributed by atoms with Gasteiger partial charge in [-0.2, -0.15) is 0 Å². The Labute approximate surface area is 127 Å². The van der Waals surface area contributed by atoms with Crippen LogP contribution in [-0.2, 0) is 9.47 Å². The second-order valence-corrected chi connectivity index (χ2v) is 5.73. The molecule has 114 valence electrons. The van der Waals surface area contributed by atoms with E-state index in [0.717, 1.165) is 25.3 Å². The van der Waals surface area contributed by atoms with Crippen molar-refractivity contribution in [3.63, 3.8) is 0 Å². The summed E-state index contributed by atoms with van der Waals surface area (Å²) in [7, 11) is 0. The lowest BCUT2D eigenvalue weighted by molar-refractivity contribution is -0.100. The van der Waals surface area contributed by atoms with E-state index in [0.29, 0.717) is 19.8 Å². The Kier molecular flexibility index (Phi) is 4.42. The highest BCUT2D eigenvalue weighted by molar-refractivity contribution is 6.30. The topological polar surface area (TPSA) is 38.8 Å². The Bertz CT molecular complexity index is 534. The van der Waals surface area contributed by atoms with Crippen molar-refractivity contribution in [1.29, 1.82) is 0 Å². The molecule has 0 spiro atoms. The molecule has 0 aliphatic carbocycles. The van der Waals surface area contributed by atoms with Crippen LogP contribution in [0.1, 0.15) is 29.6 Å². The van der Waals surface area contributed by atoms with Gasteiger partial charge in [0.25, 0.3) is 5.91 Å². The van der Waals surface area contributed by atoms with E-state index in [-0.39, 0.29) is 22.5 Å². The van der Waals surface area contributed by atoms with E-state index in [4.69, 9.17) is 21.1 Å². The maximum Gasteiger partial charge on any atom is 0.257 e. The summed E-state index contributed by atoms with van der Waals surface area (Å²) < 4.78 is 25.0. The molecule has 2 heterocycles. The van der Waals surface area contributed by atoms with Crippen LogP contribution in [0, 0.1) is 5.82 Å². The molecule has 4 nitrogen and oxygen atoms in total. The summed E-state index contributed by atoms with van der Waals surface area (Å²) in [6.45, 7) is 1.67. The number of rotatable bonds is 2. The van der Waals surface area contributed by atoms with Crippen molar-refractivity contribution < 1.29 is 18.7 Å². The number of carbonyl (C=O) groups excluding carboxylic acids is 1. The van der Waals surface area contributed by atoms with Gasteiger partial charge in [-0.1, -0.05) is 11.6 Å². The third kappa shape index (κ3) is 3.05. The Hall–Kier alpha value is -1.17. The van der Waals surface area contributed by atoms with Gasteiger partial charge in [0.05, 0.1) is 24.8 Å². The zero-order chi connectivity index (χ0) is 14.8. The first-order valence-corrected chi connectivity index (χ1v) is 7.54. The molecule has 0 radical (unpaired) electrons. The third-order valence-corrected chi connectivity index (χ3v) is 4.17. The van der Waals surface area contributed by atoms with Crippen LogP contribution in [0.4, 0.5) is 4.39 Å². The molecule has 2 saturated heterocycles. The maximum atomic E-state index is 14.0. The van der Waals surface area contributed by atoms with Crippen LogP contribution < -0.4 is 0 Å². The highest BCUT2D eigenvalue weighted by atomic mass is 35.5. The van der Waals surface area contributed by atoms with Crippen molar-refractivity contribution in [1.82, 2.24) is 4.90 Å². The average molecular weight is 314 g/mol. The number of halogens is 2. The number of carbonyl (C=O) groups is 1. The molecule has 2 aliphatic heterocycles. The zero-order valence-corrected chi connectivity index (χ0v) is 12.3. The SMILES string of the molecule is O=C(c1ccc(Cl)cc1F)N1CCCCC1C1OCCO1. The summed E-state index contributed by atoms with van der Waals surface area (Å²) in [6.07, 6.45) is 2.33. The van der Waals surface area contributed by atoms with E-state index < -0.39 is 12.1 Å². The quantitative estimate of drug-likeness (QED) is 0.843. The number of piperidine rings is 1. The van der Waals surface area contributed by atoms with E-state index in [1.807, 2.05) is 0 Å². The molecule has 21 heavy (non-hydrogen) atoms. The molecule has 0 saturated carbocycles. The maximum absolute atomic E-state index is 14.0. The summed E-state index contributed by atoms with van der Waals surface area (Å²) >= 11 is 5.73. The van der Waals surface area contributed by atoms with E-state index >= 15 is 0 Å². The van der Waals surface area contributed by atoms with Gasteiger partial charge in [-0.3, -0.25) is 4.79 Å². The first-order valence-electron chi connectivity index (χ1n) is 7.16. The zero-order valence-electron chi connectivity index (χ0n) is 11.6. The van der Waals surface area contributed by atoms with Gasteiger partial charge in [0.1, 0.15) is 5.82 Å². The highest BCUT2D eigenvalue weighted by Gasteiger charge is 2.37. The lowest BCUT2D eigenvalue weighted by Gasteiger charge is -2.38. The molecule has 1 atom stereocenters. The minimum Gasteiger partial charge on any atom is -0.348 e. The fraction of sp³-hybridized carbons (Fsp3) is 0.533. The molecule has 1 aromatic carbocycles. The van der Waals surface area contributed by atoms with Crippen molar-refractivity contribution in [2.24, 2.45) is 0 Å². The fourth-order valence-corrected chi connectivity index (χ4v) is 3.07. The molecule has 2 aliphatic rings. The number of ether oxygens (including phenoxy) is 2. The number of benzene rings is 1.